The molecule has 0 radical (unpaired) electrons. The van der Waals surface area contributed by atoms with Crippen LogP contribution in [0, 0.1) is 5.82 Å². The van der Waals surface area contributed by atoms with Gasteiger partial charge in [-0.3, -0.25) is 4.79 Å². The summed E-state index contributed by atoms with van der Waals surface area (Å²) in [5.41, 5.74) is 1.25. The van der Waals surface area contributed by atoms with E-state index in [1.807, 2.05) is 32.0 Å². The van der Waals surface area contributed by atoms with E-state index in [0.717, 1.165) is 16.9 Å². The SMILES string of the molecule is CCOc1ccc(/C=C(/Cl)c2nnc(C(=O)Nc3ccc(F)cc3)s2)cc1OCC. The molecule has 1 heterocycles. The first kappa shape index (κ1) is 21.7. The number of halogens is 2. The molecule has 3 rings (SSSR count). The van der Waals surface area contributed by atoms with Crippen LogP contribution in [0.4, 0.5) is 10.1 Å². The largest absolute Gasteiger partial charge is 0.490 e. The van der Waals surface area contributed by atoms with E-state index in [4.69, 9.17) is 21.1 Å². The van der Waals surface area contributed by atoms with E-state index in [1.54, 1.807) is 6.08 Å². The molecule has 1 N–H and O–H groups in total. The number of carbonyl (C=O) groups is 1. The van der Waals surface area contributed by atoms with Crippen LogP contribution in [0.5, 0.6) is 11.5 Å². The summed E-state index contributed by atoms with van der Waals surface area (Å²) in [4.78, 5) is 12.3. The molecule has 0 saturated heterocycles. The van der Waals surface area contributed by atoms with E-state index in [-0.39, 0.29) is 10.8 Å². The van der Waals surface area contributed by atoms with Gasteiger partial charge >= 0.3 is 0 Å². The van der Waals surface area contributed by atoms with Gasteiger partial charge in [0.25, 0.3) is 5.91 Å². The molecule has 9 heteroatoms. The van der Waals surface area contributed by atoms with Crippen LogP contribution < -0.4 is 14.8 Å². The minimum atomic E-state index is -0.450. The Labute approximate surface area is 182 Å². The Hall–Kier alpha value is -2.97. The van der Waals surface area contributed by atoms with Crippen LogP contribution >= 0.6 is 22.9 Å². The van der Waals surface area contributed by atoms with Gasteiger partial charge in [0, 0.05) is 5.69 Å². The van der Waals surface area contributed by atoms with Crippen molar-refractivity contribution in [2.45, 2.75) is 13.8 Å². The van der Waals surface area contributed by atoms with Gasteiger partial charge in [0.2, 0.25) is 5.01 Å². The van der Waals surface area contributed by atoms with Crippen LogP contribution in [0.1, 0.15) is 34.2 Å². The molecular formula is C21H19ClFN3O3S. The van der Waals surface area contributed by atoms with E-state index in [2.05, 4.69) is 15.5 Å². The van der Waals surface area contributed by atoms with E-state index in [9.17, 15) is 9.18 Å². The number of carbonyl (C=O) groups excluding carboxylic acids is 1. The average Bonchev–Trinajstić information content (AvgIpc) is 3.23. The lowest BCUT2D eigenvalue weighted by atomic mass is 10.2. The fraction of sp³-hybridized carbons (Fsp3) is 0.190. The van der Waals surface area contributed by atoms with Crippen molar-refractivity contribution in [2.24, 2.45) is 0 Å². The smallest absolute Gasteiger partial charge is 0.286 e. The average molecular weight is 448 g/mol. The zero-order valence-corrected chi connectivity index (χ0v) is 17.9. The summed E-state index contributed by atoms with van der Waals surface area (Å²) in [6.45, 7) is 4.83. The molecule has 6 nitrogen and oxygen atoms in total. The second-order valence-corrected chi connectivity index (χ2v) is 7.32. The molecule has 0 aliphatic carbocycles. The predicted molar refractivity (Wildman–Crippen MR) is 117 cm³/mol. The maximum atomic E-state index is 13.0. The molecule has 0 aliphatic heterocycles. The van der Waals surface area contributed by atoms with Crippen molar-refractivity contribution in [3.05, 3.63) is 63.9 Å². The van der Waals surface area contributed by atoms with Crippen molar-refractivity contribution >= 4 is 45.6 Å². The third-order valence-corrected chi connectivity index (χ3v) is 5.14. The Morgan fingerprint density at radius 2 is 1.73 bits per heavy atom. The number of amides is 1. The molecule has 3 aromatic rings. The van der Waals surface area contributed by atoms with E-state index < -0.39 is 5.91 Å². The maximum Gasteiger partial charge on any atom is 0.286 e. The van der Waals surface area contributed by atoms with Crippen molar-refractivity contribution in [2.75, 3.05) is 18.5 Å². The van der Waals surface area contributed by atoms with Crippen molar-refractivity contribution in [1.29, 1.82) is 0 Å². The second-order valence-electron chi connectivity index (χ2n) is 5.94. The fourth-order valence-electron chi connectivity index (χ4n) is 2.49. The first-order valence-corrected chi connectivity index (χ1v) is 10.4. The van der Waals surface area contributed by atoms with Crippen LogP contribution in [0.3, 0.4) is 0 Å². The quantitative estimate of drug-likeness (QED) is 0.496. The van der Waals surface area contributed by atoms with Gasteiger partial charge < -0.3 is 14.8 Å². The van der Waals surface area contributed by atoms with Gasteiger partial charge in [0.15, 0.2) is 16.5 Å². The summed E-state index contributed by atoms with van der Waals surface area (Å²) in [6.07, 6.45) is 1.71. The number of hydrogen-bond donors (Lipinski definition) is 1. The zero-order valence-electron chi connectivity index (χ0n) is 16.3. The van der Waals surface area contributed by atoms with Crippen molar-refractivity contribution in [3.63, 3.8) is 0 Å². The van der Waals surface area contributed by atoms with E-state index >= 15 is 0 Å². The number of benzene rings is 2. The summed E-state index contributed by atoms with van der Waals surface area (Å²) < 4.78 is 24.2. The Balaban J connectivity index is 1.75. The van der Waals surface area contributed by atoms with Crippen LogP contribution in [-0.4, -0.2) is 29.3 Å². The molecule has 0 bridgehead atoms. The molecule has 0 saturated carbocycles. The molecule has 0 spiro atoms. The highest BCUT2D eigenvalue weighted by molar-refractivity contribution is 7.15. The standard InChI is InChI=1S/C21H19ClFN3O3S/c1-3-28-17-10-5-13(12-18(17)29-4-2)11-16(22)20-25-26-21(30-20)19(27)24-15-8-6-14(23)7-9-15/h5-12H,3-4H2,1-2H3,(H,24,27)/b16-11+. The molecule has 30 heavy (non-hydrogen) atoms. The fourth-order valence-corrected chi connectivity index (χ4v) is 3.42. The zero-order chi connectivity index (χ0) is 21.5. The van der Waals surface area contributed by atoms with E-state index in [0.29, 0.717) is 40.4 Å². The Morgan fingerprint density at radius 3 is 2.43 bits per heavy atom. The number of aromatic nitrogens is 2. The summed E-state index contributed by atoms with van der Waals surface area (Å²) in [6, 6.07) is 10.9. The number of hydrogen-bond acceptors (Lipinski definition) is 6. The number of nitrogens with zero attached hydrogens (tertiary/aromatic N) is 2. The van der Waals surface area contributed by atoms with E-state index in [1.165, 1.54) is 24.3 Å². The molecule has 0 atom stereocenters. The monoisotopic (exact) mass is 447 g/mol. The van der Waals surface area contributed by atoms with Gasteiger partial charge in [-0.1, -0.05) is 29.0 Å². The normalized spacial score (nSPS) is 11.3. The first-order chi connectivity index (χ1) is 14.5. The summed E-state index contributed by atoms with van der Waals surface area (Å²) in [5.74, 6) is 0.442. The molecule has 1 amide bonds. The van der Waals surface area contributed by atoms with Gasteiger partial charge in [-0.2, -0.15) is 0 Å². The van der Waals surface area contributed by atoms with Gasteiger partial charge in [0.05, 0.1) is 18.2 Å². The highest BCUT2D eigenvalue weighted by Gasteiger charge is 2.15. The minimum Gasteiger partial charge on any atom is -0.490 e. The van der Waals surface area contributed by atoms with Crippen LogP contribution in [0.2, 0.25) is 0 Å². The van der Waals surface area contributed by atoms with Crippen molar-refractivity contribution in [3.8, 4) is 11.5 Å². The number of nitrogens with one attached hydrogen (secondary N) is 1. The lowest BCUT2D eigenvalue weighted by Crippen LogP contribution is -2.11. The predicted octanol–water partition coefficient (Wildman–Crippen LogP) is 5.46. The first-order valence-electron chi connectivity index (χ1n) is 9.17. The third kappa shape index (κ3) is 5.55. The topological polar surface area (TPSA) is 73.3 Å². The Kier molecular flexibility index (Phi) is 7.37. The number of ether oxygens (including phenoxy) is 2. The molecule has 2 aromatic carbocycles. The van der Waals surface area contributed by atoms with Gasteiger partial charge in [-0.15, -0.1) is 10.2 Å². The van der Waals surface area contributed by atoms with Gasteiger partial charge in [-0.05, 0) is 61.9 Å². The summed E-state index contributed by atoms with van der Waals surface area (Å²) in [7, 11) is 0. The minimum absolute atomic E-state index is 0.141. The molecule has 1 aromatic heterocycles. The highest BCUT2D eigenvalue weighted by Crippen LogP contribution is 2.31. The number of anilines is 1. The molecular weight excluding hydrogens is 429 g/mol. The summed E-state index contributed by atoms with van der Waals surface area (Å²) >= 11 is 7.44. The second kappa shape index (κ2) is 10.2. The molecule has 0 aliphatic rings. The summed E-state index contributed by atoms with van der Waals surface area (Å²) in [5, 5.41) is 11.4. The Bertz CT molecular complexity index is 1050. The maximum absolute atomic E-state index is 13.0. The molecule has 0 fully saturated rings. The van der Waals surface area contributed by atoms with Gasteiger partial charge in [0.1, 0.15) is 5.82 Å². The lowest BCUT2D eigenvalue weighted by Gasteiger charge is -2.11. The van der Waals surface area contributed by atoms with Crippen LogP contribution in [0.15, 0.2) is 42.5 Å². The Morgan fingerprint density at radius 1 is 1.07 bits per heavy atom. The highest BCUT2D eigenvalue weighted by atomic mass is 35.5. The van der Waals surface area contributed by atoms with Crippen LogP contribution in [0.25, 0.3) is 11.1 Å². The van der Waals surface area contributed by atoms with Crippen molar-refractivity contribution < 1.29 is 18.7 Å². The van der Waals surface area contributed by atoms with Gasteiger partial charge in [-0.25, -0.2) is 4.39 Å². The lowest BCUT2D eigenvalue weighted by molar-refractivity contribution is 0.102. The van der Waals surface area contributed by atoms with Crippen LogP contribution in [-0.2, 0) is 0 Å². The number of rotatable bonds is 8. The van der Waals surface area contributed by atoms with Crippen molar-refractivity contribution in [1.82, 2.24) is 10.2 Å². The third-order valence-electron chi connectivity index (χ3n) is 3.79. The molecule has 156 valence electrons. The molecule has 0 unspecified atom stereocenters.